The number of rotatable bonds is 2. The van der Waals surface area contributed by atoms with Crippen LogP contribution in [0.3, 0.4) is 0 Å². The average Bonchev–Trinajstić information content (AvgIpc) is 2.04. The van der Waals surface area contributed by atoms with Crippen molar-refractivity contribution in [2.24, 2.45) is 0 Å². The van der Waals surface area contributed by atoms with E-state index in [4.69, 9.17) is 0 Å². The standard InChI is InChI=1S/C9H10O3Te/c1-7-3-5-9(6-4-7)13(11)12-8(2)10/h3-6H,1-2H3. The van der Waals surface area contributed by atoms with Crippen LogP contribution in [-0.2, 0) is 11.0 Å². The van der Waals surface area contributed by atoms with E-state index in [1.54, 1.807) is 12.1 Å². The fourth-order valence-electron chi connectivity index (χ4n) is 0.804. The van der Waals surface area contributed by atoms with Crippen molar-refractivity contribution >= 4 is 29.5 Å². The third kappa shape index (κ3) is 3.25. The molecule has 1 aromatic rings. The summed E-state index contributed by atoms with van der Waals surface area (Å²) in [6.07, 6.45) is 0. The Morgan fingerprint density at radius 2 is 1.85 bits per heavy atom. The monoisotopic (exact) mass is 296 g/mol. The SMILES string of the molecule is CC(=O)O[Te](=O)c1ccc(C)cc1. The number of benzene rings is 1. The summed E-state index contributed by atoms with van der Waals surface area (Å²) in [5, 5.41) is 0. The first kappa shape index (κ1) is 10.4. The topological polar surface area (TPSA) is 43.4 Å². The molecule has 0 atom stereocenters. The molecule has 0 spiro atoms. The second kappa shape index (κ2) is 4.50. The molecule has 3 nitrogen and oxygen atoms in total. The number of carbonyl (C=O) groups excluding carboxylic acids is 1. The molecule has 0 saturated heterocycles. The molecular formula is C9H10O3Te. The van der Waals surface area contributed by atoms with Gasteiger partial charge in [0.05, 0.1) is 0 Å². The van der Waals surface area contributed by atoms with Crippen LogP contribution in [-0.4, -0.2) is 25.9 Å². The van der Waals surface area contributed by atoms with E-state index in [1.165, 1.54) is 6.92 Å². The molecule has 0 N–H and O–H groups in total. The van der Waals surface area contributed by atoms with Crippen molar-refractivity contribution in [3.8, 4) is 0 Å². The molecule has 0 unspecified atom stereocenters. The van der Waals surface area contributed by atoms with E-state index in [2.05, 4.69) is 3.10 Å². The van der Waals surface area contributed by atoms with Gasteiger partial charge in [-0.2, -0.15) is 0 Å². The predicted octanol–water partition coefficient (Wildman–Crippen LogP) is 0.684. The van der Waals surface area contributed by atoms with Crippen LogP contribution >= 0.6 is 0 Å². The van der Waals surface area contributed by atoms with Gasteiger partial charge in [-0.25, -0.2) is 0 Å². The van der Waals surface area contributed by atoms with Gasteiger partial charge in [0.15, 0.2) is 0 Å². The molecule has 0 aromatic heterocycles. The van der Waals surface area contributed by atoms with Crippen molar-refractivity contribution in [1.29, 1.82) is 0 Å². The summed E-state index contributed by atoms with van der Waals surface area (Å²) >= 11 is -3.04. The first-order chi connectivity index (χ1) is 6.09. The molecule has 4 heteroatoms. The van der Waals surface area contributed by atoms with Crippen LogP contribution in [0.4, 0.5) is 0 Å². The summed E-state index contributed by atoms with van der Waals surface area (Å²) in [4.78, 5) is 10.5. The van der Waals surface area contributed by atoms with Crippen LogP contribution in [0.25, 0.3) is 0 Å². The average molecular weight is 294 g/mol. The Hall–Kier alpha value is -0.720. The predicted molar refractivity (Wildman–Crippen MR) is 49.0 cm³/mol. The third-order valence-electron chi connectivity index (χ3n) is 1.41. The van der Waals surface area contributed by atoms with Crippen LogP contribution in [0.15, 0.2) is 24.3 Å². The van der Waals surface area contributed by atoms with E-state index in [9.17, 15) is 7.90 Å². The maximum absolute atomic E-state index is 11.4. The van der Waals surface area contributed by atoms with E-state index in [1.807, 2.05) is 19.1 Å². The van der Waals surface area contributed by atoms with Crippen LogP contribution in [0.2, 0.25) is 0 Å². The molecule has 0 bridgehead atoms. The van der Waals surface area contributed by atoms with E-state index in [-0.39, 0.29) is 0 Å². The number of hydrogen-bond donors (Lipinski definition) is 0. The van der Waals surface area contributed by atoms with Crippen molar-refractivity contribution < 1.29 is 11.0 Å². The van der Waals surface area contributed by atoms with E-state index >= 15 is 0 Å². The van der Waals surface area contributed by atoms with Gasteiger partial charge < -0.3 is 0 Å². The van der Waals surface area contributed by atoms with Crippen molar-refractivity contribution in [2.45, 2.75) is 13.8 Å². The zero-order valence-electron chi connectivity index (χ0n) is 7.44. The molecular weight excluding hydrogens is 284 g/mol. The molecule has 1 rings (SSSR count). The Balaban J connectivity index is 2.78. The molecule has 0 aliphatic carbocycles. The third-order valence-corrected chi connectivity index (χ3v) is 4.38. The molecule has 0 aliphatic heterocycles. The van der Waals surface area contributed by atoms with Gasteiger partial charge in [0.1, 0.15) is 0 Å². The summed E-state index contributed by atoms with van der Waals surface area (Å²) in [7, 11) is 0. The Morgan fingerprint density at radius 3 is 2.31 bits per heavy atom. The molecule has 1 aromatic carbocycles. The zero-order valence-corrected chi connectivity index (χ0v) is 9.77. The van der Waals surface area contributed by atoms with Crippen molar-refractivity contribution in [2.75, 3.05) is 0 Å². The Labute approximate surface area is 84.3 Å². The molecule has 0 fully saturated rings. The first-order valence-electron chi connectivity index (χ1n) is 3.77. The van der Waals surface area contributed by atoms with Crippen molar-refractivity contribution in [1.82, 2.24) is 0 Å². The Bertz CT molecular complexity index is 329. The van der Waals surface area contributed by atoms with Crippen LogP contribution in [0, 0.1) is 6.92 Å². The minimum atomic E-state index is -3.04. The molecule has 0 heterocycles. The first-order valence-corrected chi connectivity index (χ1v) is 6.83. The normalized spacial score (nSPS) is 10.1. The van der Waals surface area contributed by atoms with Gasteiger partial charge >= 0.3 is 84.2 Å². The fourth-order valence-corrected chi connectivity index (χ4v) is 2.71. The van der Waals surface area contributed by atoms with E-state index < -0.39 is 25.9 Å². The van der Waals surface area contributed by atoms with Crippen molar-refractivity contribution in [3.63, 3.8) is 0 Å². The van der Waals surface area contributed by atoms with Crippen LogP contribution < -0.4 is 3.61 Å². The molecule has 0 amide bonds. The zero-order chi connectivity index (χ0) is 9.84. The van der Waals surface area contributed by atoms with Gasteiger partial charge in [-0.15, -0.1) is 0 Å². The van der Waals surface area contributed by atoms with Gasteiger partial charge in [-0.1, -0.05) is 0 Å². The van der Waals surface area contributed by atoms with Gasteiger partial charge in [0, 0.05) is 0 Å². The number of hydrogen-bond acceptors (Lipinski definition) is 3. The summed E-state index contributed by atoms with van der Waals surface area (Å²) in [6.45, 7) is 3.21. The Kier molecular flexibility index (Phi) is 3.58. The van der Waals surface area contributed by atoms with Gasteiger partial charge in [0.2, 0.25) is 0 Å². The quantitative estimate of drug-likeness (QED) is 0.754. The molecule has 0 aliphatic rings. The minimum absolute atomic E-state index is 0.479. The maximum atomic E-state index is 11.4. The molecule has 0 radical (unpaired) electrons. The number of carbonyl (C=O) groups is 1. The summed E-state index contributed by atoms with van der Waals surface area (Å²) in [5.74, 6) is -0.479. The molecule has 0 saturated carbocycles. The van der Waals surface area contributed by atoms with Crippen LogP contribution in [0.5, 0.6) is 0 Å². The van der Waals surface area contributed by atoms with Gasteiger partial charge in [-0.05, 0) is 0 Å². The summed E-state index contributed by atoms with van der Waals surface area (Å²) in [5.41, 5.74) is 1.10. The fraction of sp³-hybridized carbons (Fsp3) is 0.222. The molecule has 13 heavy (non-hydrogen) atoms. The second-order valence-corrected chi connectivity index (χ2v) is 5.78. The second-order valence-electron chi connectivity index (χ2n) is 2.62. The molecule has 70 valence electrons. The van der Waals surface area contributed by atoms with Gasteiger partial charge in [-0.3, -0.25) is 0 Å². The van der Waals surface area contributed by atoms with Gasteiger partial charge in [0.25, 0.3) is 0 Å². The van der Waals surface area contributed by atoms with E-state index in [0.717, 1.165) is 5.56 Å². The Morgan fingerprint density at radius 1 is 1.31 bits per heavy atom. The van der Waals surface area contributed by atoms with E-state index in [0.29, 0.717) is 3.61 Å². The summed E-state index contributed by atoms with van der Waals surface area (Å²) in [6, 6.07) is 7.18. The van der Waals surface area contributed by atoms with Crippen molar-refractivity contribution in [3.05, 3.63) is 29.8 Å². The number of aryl methyl sites for hydroxylation is 1. The summed E-state index contributed by atoms with van der Waals surface area (Å²) < 4.78 is 16.7. The van der Waals surface area contributed by atoms with Crippen LogP contribution in [0.1, 0.15) is 12.5 Å².